The first-order valence-electron chi connectivity index (χ1n) is 7.08. The quantitative estimate of drug-likeness (QED) is 0.538. The molecule has 0 aliphatic heterocycles. The molecule has 0 aromatic heterocycles. The monoisotopic (exact) mass is 259 g/mol. The zero-order valence-electron chi connectivity index (χ0n) is 13.0. The summed E-state index contributed by atoms with van der Waals surface area (Å²) < 4.78 is 0. The van der Waals surface area contributed by atoms with Gasteiger partial charge in [0.25, 0.3) is 0 Å². The molecule has 1 nitrogen and oxygen atoms in total. The number of rotatable bonds is 9. The van der Waals surface area contributed by atoms with Gasteiger partial charge in [0, 0.05) is 5.70 Å². The topological polar surface area (TPSA) is 12.0 Å². The van der Waals surface area contributed by atoms with Gasteiger partial charge in [-0.05, 0) is 45.2 Å². The number of hydrogen-bond donors (Lipinski definition) is 1. The van der Waals surface area contributed by atoms with Crippen molar-refractivity contribution in [3.8, 4) is 0 Å². The summed E-state index contributed by atoms with van der Waals surface area (Å²) >= 11 is 0. The summed E-state index contributed by atoms with van der Waals surface area (Å²) in [5.41, 5.74) is 3.68. The van der Waals surface area contributed by atoms with Crippen LogP contribution < -0.4 is 5.32 Å². The second-order valence-corrected chi connectivity index (χ2v) is 5.01. The van der Waals surface area contributed by atoms with E-state index in [1.807, 2.05) is 12.3 Å². The van der Waals surface area contributed by atoms with E-state index in [0.29, 0.717) is 5.92 Å². The summed E-state index contributed by atoms with van der Waals surface area (Å²) in [7, 11) is 0. The summed E-state index contributed by atoms with van der Waals surface area (Å²) in [6, 6.07) is 0. The van der Waals surface area contributed by atoms with E-state index in [0.717, 1.165) is 18.5 Å². The fourth-order valence-corrected chi connectivity index (χ4v) is 1.43. The van der Waals surface area contributed by atoms with Crippen molar-refractivity contribution in [2.45, 2.75) is 47.0 Å². The molecule has 0 bridgehead atoms. The van der Waals surface area contributed by atoms with Crippen LogP contribution in [0.25, 0.3) is 0 Å². The minimum absolute atomic E-state index is 0.605. The highest BCUT2D eigenvalue weighted by Gasteiger charge is 2.01. The Morgan fingerprint density at radius 3 is 2.53 bits per heavy atom. The minimum atomic E-state index is 0.605. The highest BCUT2D eigenvalue weighted by Crippen LogP contribution is 2.16. The summed E-state index contributed by atoms with van der Waals surface area (Å²) in [6.45, 7) is 16.3. The maximum absolute atomic E-state index is 3.90. The van der Waals surface area contributed by atoms with Crippen LogP contribution in [0.1, 0.15) is 47.0 Å². The van der Waals surface area contributed by atoms with Gasteiger partial charge in [0.2, 0.25) is 0 Å². The van der Waals surface area contributed by atoms with Gasteiger partial charge in [-0.3, -0.25) is 0 Å². The fourth-order valence-electron chi connectivity index (χ4n) is 1.43. The molecule has 1 unspecified atom stereocenters. The van der Waals surface area contributed by atoms with Crippen molar-refractivity contribution in [1.29, 1.82) is 0 Å². The third-order valence-electron chi connectivity index (χ3n) is 3.31. The molecule has 106 valence electrons. The predicted molar refractivity (Wildman–Crippen MR) is 87.8 cm³/mol. The number of allylic oxidation sites excluding steroid dienone is 7. The first-order chi connectivity index (χ1) is 9.01. The van der Waals surface area contributed by atoms with Gasteiger partial charge in [0.05, 0.1) is 0 Å². The molecule has 1 N–H and O–H groups in total. The molecule has 0 radical (unpaired) electrons. The Labute approximate surface area is 119 Å². The highest BCUT2D eigenvalue weighted by atomic mass is 14.8. The largest absolute Gasteiger partial charge is 0.366 e. The second kappa shape index (κ2) is 10.4. The first kappa shape index (κ1) is 17.5. The Morgan fingerprint density at radius 1 is 1.26 bits per heavy atom. The van der Waals surface area contributed by atoms with E-state index in [1.54, 1.807) is 0 Å². The Kier molecular flexibility index (Phi) is 9.60. The number of nitrogens with one attached hydrogen (secondary N) is 1. The van der Waals surface area contributed by atoms with E-state index in [1.165, 1.54) is 17.6 Å². The van der Waals surface area contributed by atoms with Gasteiger partial charge in [-0.2, -0.15) is 0 Å². The van der Waals surface area contributed by atoms with E-state index in [2.05, 4.69) is 64.4 Å². The van der Waals surface area contributed by atoms with Crippen molar-refractivity contribution < 1.29 is 0 Å². The third-order valence-corrected chi connectivity index (χ3v) is 3.31. The molecule has 0 fully saturated rings. The summed E-state index contributed by atoms with van der Waals surface area (Å²) in [4.78, 5) is 0. The molecule has 19 heavy (non-hydrogen) atoms. The lowest BCUT2D eigenvalue weighted by molar-refractivity contribution is 0.620. The van der Waals surface area contributed by atoms with Crippen LogP contribution in [0.3, 0.4) is 0 Å². The van der Waals surface area contributed by atoms with Crippen molar-refractivity contribution in [2.24, 2.45) is 5.92 Å². The molecule has 1 atom stereocenters. The average molecular weight is 259 g/mol. The summed E-state index contributed by atoms with van der Waals surface area (Å²) in [6.07, 6.45) is 13.6. The first-order valence-corrected chi connectivity index (χ1v) is 7.08. The molecule has 0 saturated carbocycles. The Balaban J connectivity index is 4.07. The van der Waals surface area contributed by atoms with Crippen molar-refractivity contribution in [3.63, 3.8) is 0 Å². The van der Waals surface area contributed by atoms with Gasteiger partial charge >= 0.3 is 0 Å². The molecule has 0 aliphatic carbocycles. The normalized spacial score (nSPS) is 14.5. The van der Waals surface area contributed by atoms with Crippen molar-refractivity contribution >= 4 is 0 Å². The third kappa shape index (κ3) is 9.12. The Morgan fingerprint density at radius 2 is 1.95 bits per heavy atom. The summed E-state index contributed by atoms with van der Waals surface area (Å²) in [5.74, 6) is 0.605. The highest BCUT2D eigenvalue weighted by molar-refractivity contribution is 5.22. The molecule has 0 aromatic rings. The van der Waals surface area contributed by atoms with Crippen LogP contribution in [0, 0.1) is 5.92 Å². The van der Waals surface area contributed by atoms with Crippen LogP contribution >= 0.6 is 0 Å². The van der Waals surface area contributed by atoms with E-state index in [9.17, 15) is 0 Å². The van der Waals surface area contributed by atoms with Crippen molar-refractivity contribution in [1.82, 2.24) is 5.32 Å². The van der Waals surface area contributed by atoms with Crippen LogP contribution in [-0.4, -0.2) is 0 Å². The lowest BCUT2D eigenvalue weighted by Crippen LogP contribution is -2.01. The fraction of sp³-hybridized carbons (Fsp3) is 0.444. The number of hydrogen-bond acceptors (Lipinski definition) is 1. The molecule has 0 heterocycles. The molecule has 0 amide bonds. The van der Waals surface area contributed by atoms with E-state index >= 15 is 0 Å². The van der Waals surface area contributed by atoms with Crippen LogP contribution in [0.2, 0.25) is 0 Å². The van der Waals surface area contributed by atoms with E-state index < -0.39 is 0 Å². The molecule has 0 saturated heterocycles. The predicted octanol–water partition coefficient (Wildman–Crippen LogP) is 5.51. The van der Waals surface area contributed by atoms with Gasteiger partial charge in [0.1, 0.15) is 0 Å². The minimum Gasteiger partial charge on any atom is -0.366 e. The van der Waals surface area contributed by atoms with Gasteiger partial charge < -0.3 is 5.32 Å². The van der Waals surface area contributed by atoms with Gasteiger partial charge in [-0.25, -0.2) is 0 Å². The molecular weight excluding hydrogens is 230 g/mol. The van der Waals surface area contributed by atoms with Gasteiger partial charge in [0.15, 0.2) is 0 Å². The molecule has 0 aromatic carbocycles. The lowest BCUT2D eigenvalue weighted by Gasteiger charge is -2.10. The van der Waals surface area contributed by atoms with Crippen LogP contribution in [-0.2, 0) is 0 Å². The SMILES string of the molecule is C=C/C(C)=C\C=C(/C)C(C)CC/C=C/NC(=C)CC. The smallest absolute Gasteiger partial charge is 0.00705 e. The zero-order chi connectivity index (χ0) is 14.7. The maximum Gasteiger partial charge on any atom is 0.00705 e. The van der Waals surface area contributed by atoms with Gasteiger partial charge in [-0.1, -0.05) is 62.5 Å². The van der Waals surface area contributed by atoms with Crippen LogP contribution in [0.5, 0.6) is 0 Å². The summed E-state index contributed by atoms with van der Waals surface area (Å²) in [5, 5.41) is 3.17. The van der Waals surface area contributed by atoms with Crippen LogP contribution in [0.15, 0.2) is 60.5 Å². The Hall–Kier alpha value is -1.50. The maximum atomic E-state index is 3.90. The van der Waals surface area contributed by atoms with E-state index in [-0.39, 0.29) is 0 Å². The molecule has 1 heteroatoms. The molecule has 0 aliphatic rings. The van der Waals surface area contributed by atoms with Crippen molar-refractivity contribution in [3.05, 3.63) is 60.5 Å². The standard InChI is InChI=1S/C18H29N/c1-7-15(3)12-13-17(5)16(4)11-9-10-14-19-18(6)8-2/h7,10,12-14,16,19H,1,6,8-9,11H2,2-5H3/b14-10+,15-12-,17-13+. The average Bonchev–Trinajstić information content (AvgIpc) is 2.43. The van der Waals surface area contributed by atoms with Crippen LogP contribution in [0.4, 0.5) is 0 Å². The van der Waals surface area contributed by atoms with E-state index in [4.69, 9.17) is 0 Å². The second-order valence-electron chi connectivity index (χ2n) is 5.01. The lowest BCUT2D eigenvalue weighted by atomic mass is 9.96. The molecular formula is C18H29N. The van der Waals surface area contributed by atoms with Crippen molar-refractivity contribution in [2.75, 3.05) is 0 Å². The zero-order valence-corrected chi connectivity index (χ0v) is 13.0. The molecule has 0 spiro atoms. The van der Waals surface area contributed by atoms with Gasteiger partial charge in [-0.15, -0.1) is 0 Å². The molecule has 0 rings (SSSR count). The Bertz CT molecular complexity index is 369.